The van der Waals surface area contributed by atoms with Gasteiger partial charge in [0.1, 0.15) is 0 Å². The maximum Gasteiger partial charge on any atom is 0.315 e. The van der Waals surface area contributed by atoms with Crippen LogP contribution in [0.25, 0.3) is 0 Å². The van der Waals surface area contributed by atoms with Crippen molar-refractivity contribution in [2.24, 2.45) is 11.8 Å². The molecule has 19 heavy (non-hydrogen) atoms. The molecule has 104 valence electrons. The van der Waals surface area contributed by atoms with Gasteiger partial charge in [0.05, 0.1) is 6.04 Å². The number of hydrogen-bond acceptors (Lipinski definition) is 1. The molecule has 0 saturated heterocycles. The van der Waals surface area contributed by atoms with E-state index in [-0.39, 0.29) is 12.1 Å². The zero-order chi connectivity index (χ0) is 13.7. The molecule has 2 amide bonds. The largest absolute Gasteiger partial charge is 0.338 e. The Morgan fingerprint density at radius 3 is 2.53 bits per heavy atom. The van der Waals surface area contributed by atoms with E-state index in [1.54, 1.807) is 0 Å². The van der Waals surface area contributed by atoms with Crippen molar-refractivity contribution in [3.05, 3.63) is 35.9 Å². The summed E-state index contributed by atoms with van der Waals surface area (Å²) in [6.07, 6.45) is 3.45. The van der Waals surface area contributed by atoms with Gasteiger partial charge in [0.2, 0.25) is 0 Å². The van der Waals surface area contributed by atoms with Gasteiger partial charge in [-0.25, -0.2) is 4.79 Å². The van der Waals surface area contributed by atoms with Crippen molar-refractivity contribution >= 4 is 6.03 Å². The standard InChI is InChI=1S/C16H24N2O/c1-12(2)10-11-17-16(19)18-15(14-8-9-14)13-6-4-3-5-7-13/h3-7,12,14-15H,8-11H2,1-2H3,(H2,17,18,19). The van der Waals surface area contributed by atoms with Gasteiger partial charge in [-0.05, 0) is 36.7 Å². The van der Waals surface area contributed by atoms with E-state index in [9.17, 15) is 4.79 Å². The Balaban J connectivity index is 1.85. The summed E-state index contributed by atoms with van der Waals surface area (Å²) in [6.45, 7) is 5.07. The molecule has 0 bridgehead atoms. The summed E-state index contributed by atoms with van der Waals surface area (Å²) in [5.74, 6) is 1.23. The quantitative estimate of drug-likeness (QED) is 0.807. The molecular formula is C16H24N2O. The highest BCUT2D eigenvalue weighted by atomic mass is 16.2. The van der Waals surface area contributed by atoms with Gasteiger partial charge in [0.25, 0.3) is 0 Å². The first-order valence-corrected chi connectivity index (χ1v) is 7.26. The molecule has 1 saturated carbocycles. The van der Waals surface area contributed by atoms with E-state index in [4.69, 9.17) is 0 Å². The Morgan fingerprint density at radius 2 is 1.95 bits per heavy atom. The predicted octanol–water partition coefficient (Wildman–Crippen LogP) is 3.48. The van der Waals surface area contributed by atoms with Crippen LogP contribution in [-0.2, 0) is 0 Å². The van der Waals surface area contributed by atoms with Crippen LogP contribution >= 0.6 is 0 Å². The number of nitrogens with one attached hydrogen (secondary N) is 2. The molecule has 0 aliphatic heterocycles. The average molecular weight is 260 g/mol. The van der Waals surface area contributed by atoms with Crippen LogP contribution in [0, 0.1) is 11.8 Å². The lowest BCUT2D eigenvalue weighted by molar-refractivity contribution is 0.235. The lowest BCUT2D eigenvalue weighted by Gasteiger charge is -2.19. The molecule has 1 fully saturated rings. The van der Waals surface area contributed by atoms with E-state index in [2.05, 4.69) is 36.6 Å². The van der Waals surface area contributed by atoms with Crippen LogP contribution in [0.2, 0.25) is 0 Å². The highest BCUT2D eigenvalue weighted by Gasteiger charge is 2.33. The minimum Gasteiger partial charge on any atom is -0.338 e. The summed E-state index contributed by atoms with van der Waals surface area (Å²) in [6, 6.07) is 10.4. The molecule has 2 N–H and O–H groups in total. The van der Waals surface area contributed by atoms with Gasteiger partial charge in [-0.1, -0.05) is 44.2 Å². The maximum atomic E-state index is 11.9. The second kappa shape index (κ2) is 6.60. The number of hydrogen-bond donors (Lipinski definition) is 2. The zero-order valence-corrected chi connectivity index (χ0v) is 11.9. The first-order valence-electron chi connectivity index (χ1n) is 7.26. The molecule has 3 nitrogen and oxygen atoms in total. The number of rotatable bonds is 6. The lowest BCUT2D eigenvalue weighted by atomic mass is 10.0. The molecule has 1 atom stereocenters. The van der Waals surface area contributed by atoms with Gasteiger partial charge in [0, 0.05) is 6.54 Å². The van der Waals surface area contributed by atoms with Crippen LogP contribution in [0.4, 0.5) is 4.79 Å². The monoisotopic (exact) mass is 260 g/mol. The number of carbonyl (C=O) groups excluding carboxylic acids is 1. The lowest BCUT2D eigenvalue weighted by Crippen LogP contribution is -2.39. The SMILES string of the molecule is CC(C)CCNC(=O)NC(c1ccccc1)C1CC1. The third kappa shape index (κ3) is 4.58. The molecule has 0 radical (unpaired) electrons. The molecule has 2 rings (SSSR count). The highest BCUT2D eigenvalue weighted by Crippen LogP contribution is 2.40. The van der Waals surface area contributed by atoms with Gasteiger partial charge in [-0.15, -0.1) is 0 Å². The first kappa shape index (κ1) is 13.9. The fourth-order valence-corrected chi connectivity index (χ4v) is 2.23. The Kier molecular flexibility index (Phi) is 4.83. The topological polar surface area (TPSA) is 41.1 Å². The van der Waals surface area contributed by atoms with Crippen molar-refractivity contribution in [3.8, 4) is 0 Å². The molecule has 3 heteroatoms. The molecule has 0 heterocycles. The third-order valence-corrected chi connectivity index (χ3v) is 3.55. The van der Waals surface area contributed by atoms with Gasteiger partial charge in [-0.3, -0.25) is 0 Å². The molecule has 1 aromatic rings. The van der Waals surface area contributed by atoms with E-state index in [0.717, 1.165) is 13.0 Å². The molecule has 1 aliphatic rings. The van der Waals surface area contributed by atoms with Gasteiger partial charge in [-0.2, -0.15) is 0 Å². The fraction of sp³-hybridized carbons (Fsp3) is 0.562. The minimum absolute atomic E-state index is 0.0404. The zero-order valence-electron chi connectivity index (χ0n) is 11.9. The number of benzene rings is 1. The molecule has 1 unspecified atom stereocenters. The van der Waals surface area contributed by atoms with Crippen LogP contribution < -0.4 is 10.6 Å². The van der Waals surface area contributed by atoms with Crippen molar-refractivity contribution in [1.82, 2.24) is 10.6 Å². The van der Waals surface area contributed by atoms with Crippen molar-refractivity contribution < 1.29 is 4.79 Å². The Bertz CT molecular complexity index is 398. The minimum atomic E-state index is -0.0404. The second-order valence-electron chi connectivity index (χ2n) is 5.81. The average Bonchev–Trinajstić information content (AvgIpc) is 3.21. The molecule has 0 spiro atoms. The summed E-state index contributed by atoms with van der Waals surface area (Å²) in [7, 11) is 0. The van der Waals surface area contributed by atoms with E-state index >= 15 is 0 Å². The predicted molar refractivity (Wildman–Crippen MR) is 77.9 cm³/mol. The van der Waals surface area contributed by atoms with E-state index in [1.807, 2.05) is 18.2 Å². The van der Waals surface area contributed by atoms with Crippen LogP contribution in [-0.4, -0.2) is 12.6 Å². The summed E-state index contributed by atoms with van der Waals surface area (Å²) in [5, 5.41) is 6.07. The second-order valence-corrected chi connectivity index (χ2v) is 5.81. The number of urea groups is 1. The summed E-state index contributed by atoms with van der Waals surface area (Å²) in [5.41, 5.74) is 1.21. The first-order chi connectivity index (χ1) is 9.16. The van der Waals surface area contributed by atoms with Crippen molar-refractivity contribution in [1.29, 1.82) is 0 Å². The smallest absolute Gasteiger partial charge is 0.315 e. The Morgan fingerprint density at radius 1 is 1.26 bits per heavy atom. The molecule has 1 aliphatic carbocycles. The van der Waals surface area contributed by atoms with Crippen molar-refractivity contribution in [2.75, 3.05) is 6.54 Å². The van der Waals surface area contributed by atoms with Crippen molar-refractivity contribution in [3.63, 3.8) is 0 Å². The fourth-order valence-electron chi connectivity index (χ4n) is 2.23. The summed E-state index contributed by atoms with van der Waals surface area (Å²) < 4.78 is 0. The van der Waals surface area contributed by atoms with Gasteiger partial charge in [0.15, 0.2) is 0 Å². The Labute approximate surface area is 115 Å². The van der Waals surface area contributed by atoms with E-state index in [1.165, 1.54) is 18.4 Å². The van der Waals surface area contributed by atoms with E-state index < -0.39 is 0 Å². The molecule has 1 aromatic carbocycles. The highest BCUT2D eigenvalue weighted by molar-refractivity contribution is 5.74. The number of amides is 2. The number of carbonyl (C=O) groups is 1. The Hall–Kier alpha value is -1.51. The molecule has 0 aromatic heterocycles. The van der Waals surface area contributed by atoms with Crippen LogP contribution in [0.15, 0.2) is 30.3 Å². The van der Waals surface area contributed by atoms with Gasteiger partial charge >= 0.3 is 6.03 Å². The van der Waals surface area contributed by atoms with Gasteiger partial charge < -0.3 is 10.6 Å². The maximum absolute atomic E-state index is 11.9. The van der Waals surface area contributed by atoms with Crippen LogP contribution in [0.5, 0.6) is 0 Å². The normalized spacial score (nSPS) is 16.2. The van der Waals surface area contributed by atoms with Crippen LogP contribution in [0.1, 0.15) is 44.7 Å². The van der Waals surface area contributed by atoms with E-state index in [0.29, 0.717) is 11.8 Å². The van der Waals surface area contributed by atoms with Crippen LogP contribution in [0.3, 0.4) is 0 Å². The summed E-state index contributed by atoms with van der Waals surface area (Å²) in [4.78, 5) is 11.9. The third-order valence-electron chi connectivity index (χ3n) is 3.55. The molecular weight excluding hydrogens is 236 g/mol. The summed E-state index contributed by atoms with van der Waals surface area (Å²) >= 11 is 0. The van der Waals surface area contributed by atoms with Crippen molar-refractivity contribution in [2.45, 2.75) is 39.2 Å².